The lowest BCUT2D eigenvalue weighted by molar-refractivity contribution is -0.0511. The van der Waals surface area contributed by atoms with E-state index in [4.69, 9.17) is 16.3 Å². The van der Waals surface area contributed by atoms with Crippen LogP contribution in [0.15, 0.2) is 24.1 Å². The van der Waals surface area contributed by atoms with E-state index in [1.807, 2.05) is 18.4 Å². The summed E-state index contributed by atoms with van der Waals surface area (Å²) in [4.78, 5) is 14.0. The molecule has 0 radical (unpaired) electrons. The van der Waals surface area contributed by atoms with Gasteiger partial charge < -0.3 is 25.4 Å². The molecule has 0 spiro atoms. The van der Waals surface area contributed by atoms with E-state index in [9.17, 15) is 15.3 Å². The Morgan fingerprint density at radius 2 is 2.14 bits per heavy atom. The summed E-state index contributed by atoms with van der Waals surface area (Å²) in [5.74, 6) is 0.552. The molecule has 0 amide bonds. The zero-order chi connectivity index (χ0) is 19.8. The fraction of sp³-hybridized carbons (Fsp3) is 0.471. The highest BCUT2D eigenvalue weighted by Gasteiger charge is 2.44. The second-order valence-corrected chi connectivity index (χ2v) is 8.12. The summed E-state index contributed by atoms with van der Waals surface area (Å²) in [5, 5.41) is 35.6. The van der Waals surface area contributed by atoms with Crippen LogP contribution in [0.25, 0.3) is 11.2 Å². The molecule has 1 aliphatic heterocycles. The van der Waals surface area contributed by atoms with Gasteiger partial charge in [0.2, 0.25) is 0 Å². The van der Waals surface area contributed by atoms with Crippen LogP contribution in [-0.4, -0.2) is 65.8 Å². The van der Waals surface area contributed by atoms with Crippen molar-refractivity contribution in [2.75, 3.05) is 11.9 Å². The molecule has 150 valence electrons. The number of ether oxygens (including phenoxy) is 1. The van der Waals surface area contributed by atoms with Gasteiger partial charge in [-0.2, -0.15) is 0 Å². The topological polar surface area (TPSA) is 126 Å². The number of nitrogens with one attached hydrogen (secondary N) is 1. The van der Waals surface area contributed by atoms with Crippen molar-refractivity contribution < 1.29 is 20.1 Å². The largest absolute Gasteiger partial charge is 0.394 e. The van der Waals surface area contributed by atoms with Crippen LogP contribution in [0.1, 0.15) is 18.0 Å². The zero-order valence-electron chi connectivity index (χ0n) is 14.9. The van der Waals surface area contributed by atoms with Crippen LogP contribution in [0.5, 0.6) is 0 Å². The third-order valence-electron chi connectivity index (χ3n) is 4.72. The van der Waals surface area contributed by atoms with E-state index in [-0.39, 0.29) is 6.04 Å². The molecule has 4 rings (SSSR count). The number of nitrogens with zero attached hydrogens (tertiary/aromatic N) is 4. The molecule has 28 heavy (non-hydrogen) atoms. The number of halogens is 1. The van der Waals surface area contributed by atoms with Crippen molar-refractivity contribution in [1.29, 1.82) is 0 Å². The lowest BCUT2D eigenvalue weighted by Crippen LogP contribution is -2.33. The van der Waals surface area contributed by atoms with E-state index >= 15 is 0 Å². The number of anilines is 1. The summed E-state index contributed by atoms with van der Waals surface area (Å²) in [7, 11) is 0. The van der Waals surface area contributed by atoms with E-state index in [1.54, 1.807) is 11.3 Å². The van der Waals surface area contributed by atoms with Crippen molar-refractivity contribution in [3.63, 3.8) is 0 Å². The predicted molar refractivity (Wildman–Crippen MR) is 104 cm³/mol. The van der Waals surface area contributed by atoms with Gasteiger partial charge in [0.25, 0.3) is 0 Å². The molecule has 4 heterocycles. The van der Waals surface area contributed by atoms with Gasteiger partial charge in [0.05, 0.1) is 18.0 Å². The Kier molecular flexibility index (Phi) is 5.50. The smallest absolute Gasteiger partial charge is 0.167 e. The number of aliphatic hydroxyl groups excluding tert-OH is 3. The molecule has 1 fully saturated rings. The monoisotopic (exact) mass is 425 g/mol. The lowest BCUT2D eigenvalue weighted by Gasteiger charge is -2.17. The molecule has 0 bridgehead atoms. The van der Waals surface area contributed by atoms with Crippen molar-refractivity contribution in [1.82, 2.24) is 19.5 Å². The number of fused-ring (bicyclic) bond motifs is 1. The maximum Gasteiger partial charge on any atom is 0.167 e. The summed E-state index contributed by atoms with van der Waals surface area (Å²) in [6.07, 6.45) is -0.559. The standard InChI is InChI=1S/C17H20ClN5O4S/c1-8(4-11-9(18)2-3-28-11)22-15-12-16(20-6-19-15)23(7-21-12)17-14(26)13(25)10(5-24)27-17/h2-3,6-8,10,13-14,17,24-26H,4-5H2,1H3,(H,19,20,22)/t8?,10-,13-,14-,17-/m1/s1. The number of aliphatic hydroxyl groups is 3. The van der Waals surface area contributed by atoms with Gasteiger partial charge in [-0.05, 0) is 18.4 Å². The zero-order valence-corrected chi connectivity index (χ0v) is 16.5. The molecule has 0 saturated carbocycles. The second kappa shape index (κ2) is 7.90. The van der Waals surface area contributed by atoms with Crippen LogP contribution in [0.3, 0.4) is 0 Å². The number of hydrogen-bond acceptors (Lipinski definition) is 9. The van der Waals surface area contributed by atoms with E-state index in [1.165, 1.54) is 17.2 Å². The SMILES string of the molecule is CC(Cc1sccc1Cl)Nc1ncnc2c1ncn2[C@@H]1O[C@H](CO)[C@@H](O)[C@H]1O. The average Bonchev–Trinajstić information content (AvgIpc) is 3.35. The highest BCUT2D eigenvalue weighted by atomic mass is 35.5. The van der Waals surface area contributed by atoms with Crippen molar-refractivity contribution in [2.24, 2.45) is 0 Å². The molecule has 9 nitrogen and oxygen atoms in total. The summed E-state index contributed by atoms with van der Waals surface area (Å²) in [5.41, 5.74) is 0.970. The Balaban J connectivity index is 1.58. The minimum Gasteiger partial charge on any atom is -0.394 e. The Labute approximate surface area is 169 Å². The quantitative estimate of drug-likeness (QED) is 0.464. The van der Waals surface area contributed by atoms with Crippen LogP contribution >= 0.6 is 22.9 Å². The minimum absolute atomic E-state index is 0.0494. The van der Waals surface area contributed by atoms with Gasteiger partial charge in [0, 0.05) is 17.3 Å². The number of rotatable bonds is 6. The molecular formula is C17H20ClN5O4S. The molecule has 1 aliphatic rings. The maximum absolute atomic E-state index is 10.3. The number of hydrogen-bond donors (Lipinski definition) is 4. The molecule has 11 heteroatoms. The van der Waals surface area contributed by atoms with Gasteiger partial charge >= 0.3 is 0 Å². The highest BCUT2D eigenvalue weighted by molar-refractivity contribution is 7.10. The molecule has 3 aromatic heterocycles. The first kappa shape index (κ1) is 19.5. The van der Waals surface area contributed by atoms with Crippen molar-refractivity contribution in [3.05, 3.63) is 34.0 Å². The molecular weight excluding hydrogens is 406 g/mol. The van der Waals surface area contributed by atoms with E-state index < -0.39 is 31.1 Å². The molecule has 1 saturated heterocycles. The van der Waals surface area contributed by atoms with Crippen LogP contribution in [0.2, 0.25) is 5.02 Å². The molecule has 1 unspecified atom stereocenters. The van der Waals surface area contributed by atoms with E-state index in [0.29, 0.717) is 17.0 Å². The molecule has 5 atom stereocenters. The molecule has 0 aliphatic carbocycles. The summed E-state index contributed by atoms with van der Waals surface area (Å²) in [6, 6.07) is 1.92. The van der Waals surface area contributed by atoms with Crippen molar-refractivity contribution in [2.45, 2.75) is 43.9 Å². The van der Waals surface area contributed by atoms with Crippen LogP contribution in [-0.2, 0) is 11.2 Å². The molecule has 4 N–H and O–H groups in total. The Hall–Kier alpha value is -1.82. The Morgan fingerprint density at radius 1 is 1.32 bits per heavy atom. The van der Waals surface area contributed by atoms with Crippen LogP contribution in [0.4, 0.5) is 5.82 Å². The third-order valence-corrected chi connectivity index (χ3v) is 6.13. The van der Waals surface area contributed by atoms with Gasteiger partial charge in [-0.1, -0.05) is 11.6 Å². The van der Waals surface area contributed by atoms with Crippen molar-refractivity contribution in [3.8, 4) is 0 Å². The molecule has 0 aromatic carbocycles. The first-order chi connectivity index (χ1) is 13.5. The normalized spacial score (nSPS) is 26.0. The minimum atomic E-state index is -1.21. The predicted octanol–water partition coefficient (Wildman–Crippen LogP) is 1.20. The van der Waals surface area contributed by atoms with Crippen LogP contribution in [0, 0.1) is 0 Å². The highest BCUT2D eigenvalue weighted by Crippen LogP contribution is 2.32. The fourth-order valence-electron chi connectivity index (χ4n) is 3.29. The third kappa shape index (κ3) is 3.47. The van der Waals surface area contributed by atoms with E-state index in [0.717, 1.165) is 16.3 Å². The fourth-order valence-corrected chi connectivity index (χ4v) is 4.53. The lowest BCUT2D eigenvalue weighted by atomic mass is 10.1. The van der Waals surface area contributed by atoms with E-state index in [2.05, 4.69) is 20.3 Å². The van der Waals surface area contributed by atoms with Gasteiger partial charge in [-0.25, -0.2) is 15.0 Å². The first-order valence-corrected chi connectivity index (χ1v) is 10.0. The number of thiophene rings is 1. The van der Waals surface area contributed by atoms with Gasteiger partial charge in [0.1, 0.15) is 24.6 Å². The average molecular weight is 426 g/mol. The first-order valence-electron chi connectivity index (χ1n) is 8.78. The van der Waals surface area contributed by atoms with Gasteiger partial charge in [-0.15, -0.1) is 11.3 Å². The molecule has 3 aromatic rings. The summed E-state index contributed by atoms with van der Waals surface area (Å²) < 4.78 is 7.11. The summed E-state index contributed by atoms with van der Waals surface area (Å²) in [6.45, 7) is 1.62. The Bertz CT molecular complexity index is 966. The van der Waals surface area contributed by atoms with Gasteiger partial charge in [-0.3, -0.25) is 4.57 Å². The van der Waals surface area contributed by atoms with Crippen LogP contribution < -0.4 is 5.32 Å². The van der Waals surface area contributed by atoms with Gasteiger partial charge in [0.15, 0.2) is 23.2 Å². The Morgan fingerprint density at radius 3 is 2.82 bits per heavy atom. The number of imidazole rings is 1. The second-order valence-electron chi connectivity index (χ2n) is 6.72. The summed E-state index contributed by atoms with van der Waals surface area (Å²) >= 11 is 7.78. The number of aromatic nitrogens is 4. The van der Waals surface area contributed by atoms with Crippen molar-refractivity contribution >= 4 is 39.9 Å². The maximum atomic E-state index is 10.3.